The first-order valence-corrected chi connectivity index (χ1v) is 7.89. The molecule has 1 aliphatic rings. The Morgan fingerprint density at radius 1 is 1.33 bits per heavy atom. The molecule has 130 valence electrons. The zero-order chi connectivity index (χ0) is 16.2. The van der Waals surface area contributed by atoms with E-state index in [1.54, 1.807) is 24.1 Å². The second kappa shape index (κ2) is 8.17. The van der Waals surface area contributed by atoms with Gasteiger partial charge in [0.15, 0.2) is 5.69 Å². The summed E-state index contributed by atoms with van der Waals surface area (Å²) in [5, 5.41) is 10.7. The third-order valence-electron chi connectivity index (χ3n) is 4.08. The Hall–Kier alpha value is -2.05. The van der Waals surface area contributed by atoms with Crippen LogP contribution in [0.25, 0.3) is 5.69 Å². The Balaban J connectivity index is 0.00000208. The van der Waals surface area contributed by atoms with Gasteiger partial charge in [-0.3, -0.25) is 4.79 Å². The maximum atomic E-state index is 12.3. The van der Waals surface area contributed by atoms with Crippen LogP contribution in [0.15, 0.2) is 30.5 Å². The van der Waals surface area contributed by atoms with Gasteiger partial charge in [0.1, 0.15) is 11.4 Å². The summed E-state index contributed by atoms with van der Waals surface area (Å²) >= 11 is 0. The minimum absolute atomic E-state index is 0. The summed E-state index contributed by atoms with van der Waals surface area (Å²) in [7, 11) is 1.63. The number of hydrogen-bond donors (Lipinski definition) is 2. The van der Waals surface area contributed by atoms with Crippen molar-refractivity contribution in [3.05, 3.63) is 41.7 Å². The third-order valence-corrected chi connectivity index (χ3v) is 4.08. The minimum atomic E-state index is -0.123. The molecule has 0 unspecified atom stereocenters. The van der Waals surface area contributed by atoms with E-state index in [0.717, 1.165) is 42.9 Å². The molecule has 1 fully saturated rings. The van der Waals surface area contributed by atoms with E-state index in [9.17, 15) is 4.79 Å². The van der Waals surface area contributed by atoms with E-state index in [4.69, 9.17) is 4.74 Å². The average Bonchev–Trinajstić information content (AvgIpc) is 3.06. The van der Waals surface area contributed by atoms with Crippen LogP contribution in [-0.2, 0) is 0 Å². The van der Waals surface area contributed by atoms with Gasteiger partial charge in [0.05, 0.1) is 7.11 Å². The van der Waals surface area contributed by atoms with Crippen molar-refractivity contribution in [1.29, 1.82) is 0 Å². The number of nitrogens with one attached hydrogen (secondary N) is 2. The molecule has 3 rings (SSSR count). The van der Waals surface area contributed by atoms with Crippen LogP contribution < -0.4 is 15.4 Å². The van der Waals surface area contributed by atoms with Gasteiger partial charge in [0, 0.05) is 12.2 Å². The van der Waals surface area contributed by atoms with E-state index in [0.29, 0.717) is 5.69 Å². The molecule has 2 N–H and O–H groups in total. The van der Waals surface area contributed by atoms with Crippen LogP contribution in [0.3, 0.4) is 0 Å². The second-order valence-corrected chi connectivity index (χ2v) is 5.82. The predicted molar refractivity (Wildman–Crippen MR) is 95.5 cm³/mol. The van der Waals surface area contributed by atoms with Crippen molar-refractivity contribution in [2.24, 2.45) is 0 Å². The van der Waals surface area contributed by atoms with E-state index in [-0.39, 0.29) is 24.4 Å². The molecule has 0 saturated carbocycles. The average molecular weight is 351 g/mol. The van der Waals surface area contributed by atoms with Gasteiger partial charge in [-0.05, 0) is 56.6 Å². The number of ether oxygens (including phenoxy) is 1. The molecule has 0 aliphatic carbocycles. The smallest absolute Gasteiger partial charge is 0.272 e. The lowest BCUT2D eigenvalue weighted by molar-refractivity contribution is 0.0924. The lowest BCUT2D eigenvalue weighted by atomic mass is 10.1. The molecular formula is C17H23ClN4O2. The van der Waals surface area contributed by atoms with Crippen molar-refractivity contribution >= 4 is 18.3 Å². The summed E-state index contributed by atoms with van der Waals surface area (Å²) < 4.78 is 7.06. The summed E-state index contributed by atoms with van der Waals surface area (Å²) in [6.07, 6.45) is 3.70. The molecule has 2 aromatic rings. The number of carbonyl (C=O) groups excluding carboxylic acids is 1. The van der Waals surface area contributed by atoms with Gasteiger partial charge in [0.2, 0.25) is 0 Å². The number of carbonyl (C=O) groups is 1. The number of rotatable bonds is 4. The maximum Gasteiger partial charge on any atom is 0.272 e. The molecule has 0 bridgehead atoms. The van der Waals surface area contributed by atoms with Crippen molar-refractivity contribution in [1.82, 2.24) is 20.4 Å². The first-order valence-electron chi connectivity index (χ1n) is 7.89. The molecule has 6 nitrogen and oxygen atoms in total. The molecular weight excluding hydrogens is 328 g/mol. The summed E-state index contributed by atoms with van der Waals surface area (Å²) in [6, 6.07) is 7.83. The fraction of sp³-hybridized carbons (Fsp3) is 0.412. The van der Waals surface area contributed by atoms with Gasteiger partial charge in [-0.1, -0.05) is 6.07 Å². The second-order valence-electron chi connectivity index (χ2n) is 5.82. The highest BCUT2D eigenvalue weighted by molar-refractivity contribution is 5.92. The van der Waals surface area contributed by atoms with Gasteiger partial charge in [-0.2, -0.15) is 5.10 Å². The molecule has 1 amide bonds. The molecule has 1 aliphatic heterocycles. The predicted octanol–water partition coefficient (Wildman–Crippen LogP) is 2.09. The normalized spacial score (nSPS) is 14.8. The van der Waals surface area contributed by atoms with Gasteiger partial charge in [-0.25, -0.2) is 4.68 Å². The number of hydrogen-bond acceptors (Lipinski definition) is 4. The number of aryl methyl sites for hydroxylation is 1. The number of piperidine rings is 1. The molecule has 2 heterocycles. The number of aromatic nitrogens is 2. The lowest BCUT2D eigenvalue weighted by Crippen LogP contribution is -2.42. The Morgan fingerprint density at radius 2 is 2.08 bits per heavy atom. The highest BCUT2D eigenvalue weighted by Crippen LogP contribution is 2.23. The van der Waals surface area contributed by atoms with Crippen molar-refractivity contribution < 1.29 is 9.53 Å². The van der Waals surface area contributed by atoms with E-state index in [1.165, 1.54) is 0 Å². The molecule has 1 aromatic carbocycles. The lowest BCUT2D eigenvalue weighted by Gasteiger charge is -2.23. The first-order chi connectivity index (χ1) is 11.2. The topological polar surface area (TPSA) is 68.2 Å². The molecule has 1 saturated heterocycles. The summed E-state index contributed by atoms with van der Waals surface area (Å²) in [4.78, 5) is 12.3. The monoisotopic (exact) mass is 350 g/mol. The largest absolute Gasteiger partial charge is 0.494 e. The number of nitrogens with zero attached hydrogens (tertiary/aromatic N) is 2. The minimum Gasteiger partial charge on any atom is -0.494 e. The quantitative estimate of drug-likeness (QED) is 0.886. The number of halogens is 1. The first kappa shape index (κ1) is 18.3. The fourth-order valence-corrected chi connectivity index (χ4v) is 2.78. The van der Waals surface area contributed by atoms with Crippen LogP contribution in [0.4, 0.5) is 0 Å². The Bertz CT molecular complexity index is 696. The van der Waals surface area contributed by atoms with E-state index < -0.39 is 0 Å². The van der Waals surface area contributed by atoms with Gasteiger partial charge < -0.3 is 15.4 Å². The van der Waals surface area contributed by atoms with Crippen LogP contribution in [0.2, 0.25) is 0 Å². The van der Waals surface area contributed by atoms with Crippen molar-refractivity contribution in [2.45, 2.75) is 25.8 Å². The zero-order valence-corrected chi connectivity index (χ0v) is 14.7. The zero-order valence-electron chi connectivity index (χ0n) is 13.9. The van der Waals surface area contributed by atoms with E-state index in [1.807, 2.05) is 25.1 Å². The summed E-state index contributed by atoms with van der Waals surface area (Å²) in [6.45, 7) is 3.90. The Morgan fingerprint density at radius 3 is 2.79 bits per heavy atom. The molecule has 1 aromatic heterocycles. The van der Waals surface area contributed by atoms with Crippen LogP contribution >= 0.6 is 12.4 Å². The van der Waals surface area contributed by atoms with Crippen LogP contribution in [0.5, 0.6) is 5.75 Å². The van der Waals surface area contributed by atoms with Crippen LogP contribution in [0, 0.1) is 6.92 Å². The van der Waals surface area contributed by atoms with Crippen molar-refractivity contribution in [3.63, 3.8) is 0 Å². The van der Waals surface area contributed by atoms with Crippen molar-refractivity contribution in [3.8, 4) is 11.4 Å². The molecule has 7 heteroatoms. The number of methoxy groups -OCH3 is 1. The highest BCUT2D eigenvalue weighted by Gasteiger charge is 2.18. The molecule has 0 spiro atoms. The highest BCUT2D eigenvalue weighted by atomic mass is 35.5. The summed E-state index contributed by atoms with van der Waals surface area (Å²) in [5.41, 5.74) is 2.36. The SMILES string of the molecule is COc1ccc(C)cc1-n1ccc(C(=O)NC2CCNCC2)n1.Cl. The number of benzene rings is 1. The third kappa shape index (κ3) is 4.07. The van der Waals surface area contributed by atoms with Crippen LogP contribution in [-0.4, -0.2) is 41.9 Å². The van der Waals surface area contributed by atoms with Crippen molar-refractivity contribution in [2.75, 3.05) is 20.2 Å². The van der Waals surface area contributed by atoms with E-state index in [2.05, 4.69) is 15.7 Å². The molecule has 24 heavy (non-hydrogen) atoms. The van der Waals surface area contributed by atoms with Gasteiger partial charge >= 0.3 is 0 Å². The summed E-state index contributed by atoms with van der Waals surface area (Å²) in [5.74, 6) is 0.603. The maximum absolute atomic E-state index is 12.3. The van der Waals surface area contributed by atoms with Gasteiger partial charge in [0.25, 0.3) is 5.91 Å². The molecule has 0 radical (unpaired) electrons. The Kier molecular flexibility index (Phi) is 6.23. The Labute approximate surface area is 148 Å². The fourth-order valence-electron chi connectivity index (χ4n) is 2.78. The standard InChI is InChI=1S/C17H22N4O2.ClH/c1-12-3-4-16(23-2)15(11-12)21-10-7-14(20-21)17(22)19-13-5-8-18-9-6-13;/h3-4,7,10-11,13,18H,5-6,8-9H2,1-2H3,(H,19,22);1H. The van der Waals surface area contributed by atoms with Crippen LogP contribution in [0.1, 0.15) is 28.9 Å². The van der Waals surface area contributed by atoms with E-state index >= 15 is 0 Å². The molecule has 0 atom stereocenters. The number of amides is 1. The van der Waals surface area contributed by atoms with Gasteiger partial charge in [-0.15, -0.1) is 12.4 Å².